The SMILES string of the molecule is COC(=O)N1CCCC1C(=O)N1CCCC1c1nc2ccc(-c3cc4ccc3CCc3ccc(c(-c5ccc6nc(C7CCCN7C(=O)C7CCCN7C(=O)OC)[nH]c6c5)c3)CC4)cc2[nH]1. The van der Waals surface area contributed by atoms with E-state index < -0.39 is 24.3 Å². The molecule has 14 heteroatoms. The summed E-state index contributed by atoms with van der Waals surface area (Å²) in [5.74, 6) is 1.53. The topological polar surface area (TPSA) is 157 Å². The lowest BCUT2D eigenvalue weighted by Gasteiger charge is -2.30. The van der Waals surface area contributed by atoms with Crippen molar-refractivity contribution in [2.24, 2.45) is 0 Å². The smallest absolute Gasteiger partial charge is 0.410 e. The van der Waals surface area contributed by atoms with Gasteiger partial charge in [-0.2, -0.15) is 0 Å². The lowest BCUT2D eigenvalue weighted by Crippen LogP contribution is -2.47. The fourth-order valence-electron chi connectivity index (χ4n) is 11.5. The number of aromatic amines is 2. The summed E-state index contributed by atoms with van der Waals surface area (Å²) in [7, 11) is 2.73. The van der Waals surface area contributed by atoms with Crippen molar-refractivity contribution in [2.45, 2.75) is 101 Å². The fourth-order valence-corrected chi connectivity index (χ4v) is 11.5. The molecule has 0 saturated carbocycles. The average molecular weight is 889 g/mol. The highest BCUT2D eigenvalue weighted by molar-refractivity contribution is 5.89. The van der Waals surface area contributed by atoms with Crippen molar-refractivity contribution in [3.8, 4) is 22.3 Å². The van der Waals surface area contributed by atoms with E-state index in [0.717, 1.165) is 109 Å². The molecule has 14 rings (SSSR count). The van der Waals surface area contributed by atoms with Crippen LogP contribution in [0.1, 0.15) is 97.4 Å². The Morgan fingerprint density at radius 3 is 1.38 bits per heavy atom. The molecular weight excluding hydrogens is 833 g/mol. The van der Waals surface area contributed by atoms with E-state index in [2.05, 4.69) is 82.8 Å². The van der Waals surface area contributed by atoms with E-state index in [9.17, 15) is 19.2 Å². The maximum Gasteiger partial charge on any atom is 0.410 e. The number of amides is 4. The number of hydrogen-bond acceptors (Lipinski definition) is 8. The minimum absolute atomic E-state index is 0.0246. The summed E-state index contributed by atoms with van der Waals surface area (Å²) in [5.41, 5.74) is 13.5. The summed E-state index contributed by atoms with van der Waals surface area (Å²) in [6.07, 6.45) is 8.90. The number of aryl methyl sites for hydroxylation is 4. The molecule has 0 radical (unpaired) electrons. The van der Waals surface area contributed by atoms with Gasteiger partial charge in [-0.15, -0.1) is 0 Å². The van der Waals surface area contributed by atoms with Gasteiger partial charge < -0.3 is 29.2 Å². The van der Waals surface area contributed by atoms with Gasteiger partial charge in [-0.05, 0) is 146 Å². The molecule has 6 heterocycles. The number of fused-ring (bicyclic) bond motifs is 2. The Kier molecular flexibility index (Phi) is 11.0. The van der Waals surface area contributed by atoms with Crippen LogP contribution in [0, 0.1) is 0 Å². The third kappa shape index (κ3) is 7.53. The van der Waals surface area contributed by atoms with E-state index in [-0.39, 0.29) is 23.9 Å². The highest BCUT2D eigenvalue weighted by atomic mass is 16.5. The maximum atomic E-state index is 13.9. The number of H-pyrrole nitrogens is 2. The normalized spacial score (nSPS) is 21.8. The van der Waals surface area contributed by atoms with Gasteiger partial charge in [-0.3, -0.25) is 19.4 Å². The first-order chi connectivity index (χ1) is 32.2. The first-order valence-electron chi connectivity index (χ1n) is 23.8. The van der Waals surface area contributed by atoms with Crippen LogP contribution in [0.15, 0.2) is 72.8 Å². The summed E-state index contributed by atoms with van der Waals surface area (Å²) >= 11 is 0. The van der Waals surface area contributed by atoms with Crippen molar-refractivity contribution in [1.82, 2.24) is 39.5 Å². The molecule has 2 aromatic heterocycles. The predicted molar refractivity (Wildman–Crippen MR) is 250 cm³/mol. The molecule has 4 amide bonds. The second kappa shape index (κ2) is 17.3. The van der Waals surface area contributed by atoms with E-state index in [1.165, 1.54) is 47.6 Å². The first kappa shape index (κ1) is 42.0. The molecule has 8 aliphatic rings. The molecule has 4 unspecified atom stereocenters. The lowest BCUT2D eigenvalue weighted by atomic mass is 9.87. The number of methoxy groups -OCH3 is 2. The number of carbonyl (C=O) groups excluding carboxylic acids is 4. The largest absolute Gasteiger partial charge is 0.453 e. The molecule has 4 saturated heterocycles. The number of aromatic nitrogens is 4. The number of ether oxygens (including phenoxy) is 2. The Hall–Kier alpha value is -6.70. The third-order valence-corrected chi connectivity index (χ3v) is 14.9. The van der Waals surface area contributed by atoms with E-state index in [1.807, 2.05) is 9.80 Å². The molecule has 340 valence electrons. The Bertz CT molecular complexity index is 2690. The van der Waals surface area contributed by atoms with E-state index in [4.69, 9.17) is 19.4 Å². The molecule has 4 aliphatic heterocycles. The highest BCUT2D eigenvalue weighted by Gasteiger charge is 2.43. The number of benzene rings is 4. The van der Waals surface area contributed by atoms with Crippen molar-refractivity contribution in [3.63, 3.8) is 0 Å². The molecule has 14 nitrogen and oxygen atoms in total. The van der Waals surface area contributed by atoms with Gasteiger partial charge in [0.1, 0.15) is 23.7 Å². The maximum absolute atomic E-state index is 13.9. The van der Waals surface area contributed by atoms with E-state index >= 15 is 0 Å². The van der Waals surface area contributed by atoms with Crippen LogP contribution < -0.4 is 0 Å². The zero-order valence-corrected chi connectivity index (χ0v) is 37.7. The molecule has 66 heavy (non-hydrogen) atoms. The molecule has 6 aromatic rings. The number of rotatable bonds is 6. The quantitative estimate of drug-likeness (QED) is 0.169. The fraction of sp³-hybridized carbons (Fsp3) is 0.423. The Morgan fingerprint density at radius 2 is 0.939 bits per heavy atom. The number of nitrogens with one attached hydrogen (secondary N) is 2. The van der Waals surface area contributed by atoms with Crippen LogP contribution in [0.25, 0.3) is 44.3 Å². The molecular formula is C52H56N8O6. The van der Waals surface area contributed by atoms with Gasteiger partial charge in [0.05, 0.1) is 48.4 Å². The van der Waals surface area contributed by atoms with E-state index in [0.29, 0.717) is 39.0 Å². The summed E-state index contributed by atoms with van der Waals surface area (Å²) in [6, 6.07) is 25.5. The summed E-state index contributed by atoms with van der Waals surface area (Å²) in [6.45, 7) is 2.35. The summed E-state index contributed by atoms with van der Waals surface area (Å²) in [5, 5.41) is 0. The first-order valence-corrected chi connectivity index (χ1v) is 23.8. The van der Waals surface area contributed by atoms with Crippen LogP contribution in [0.5, 0.6) is 0 Å². The summed E-state index contributed by atoms with van der Waals surface area (Å²) in [4.78, 5) is 76.8. The zero-order valence-electron chi connectivity index (χ0n) is 37.7. The van der Waals surface area contributed by atoms with Gasteiger partial charge in [0.25, 0.3) is 0 Å². The van der Waals surface area contributed by atoms with Crippen LogP contribution in [-0.2, 0) is 44.7 Å². The van der Waals surface area contributed by atoms with Crippen LogP contribution in [0.3, 0.4) is 0 Å². The van der Waals surface area contributed by atoms with Gasteiger partial charge in [-0.25, -0.2) is 19.6 Å². The predicted octanol–water partition coefficient (Wildman–Crippen LogP) is 8.45. The number of likely N-dealkylation sites (tertiary alicyclic amines) is 4. The van der Waals surface area contributed by atoms with Crippen molar-refractivity contribution >= 4 is 46.1 Å². The second-order valence-electron chi connectivity index (χ2n) is 18.7. The Labute approximate surface area is 383 Å². The molecule has 4 atom stereocenters. The summed E-state index contributed by atoms with van der Waals surface area (Å²) < 4.78 is 9.98. The highest BCUT2D eigenvalue weighted by Crippen LogP contribution is 2.38. The number of nitrogens with zero attached hydrogens (tertiary/aromatic N) is 6. The number of hydrogen-bond donors (Lipinski definition) is 2. The number of carbonyl (C=O) groups is 4. The minimum Gasteiger partial charge on any atom is -0.453 e. The Balaban J connectivity index is 0.821. The van der Waals surface area contributed by atoms with Gasteiger partial charge in [0.15, 0.2) is 0 Å². The van der Waals surface area contributed by atoms with Crippen LogP contribution in [0.2, 0.25) is 0 Å². The van der Waals surface area contributed by atoms with Crippen LogP contribution in [-0.4, -0.2) is 116 Å². The molecule has 4 fully saturated rings. The average Bonchev–Trinajstić information content (AvgIpc) is 4.21. The molecule has 4 aromatic carbocycles. The van der Waals surface area contributed by atoms with Crippen LogP contribution >= 0.6 is 0 Å². The van der Waals surface area contributed by atoms with Gasteiger partial charge in [0, 0.05) is 26.2 Å². The van der Waals surface area contributed by atoms with Gasteiger partial charge >= 0.3 is 12.2 Å². The molecule has 0 spiro atoms. The standard InChI is InChI=1S/C52H56N8O6/c1-65-51(63)59-25-5-9-45(59)49(61)57-23-3-7-43(57)47-53-39-21-19-35(29-41(39)55-47)37-27-31-11-15-33(37)17-13-32-12-16-34(18-14-31)38(28-32)36-20-22-40-42(30-36)56-48(54-40)44-8-4-24-58(44)50(62)46-10-6-26-60(46)52(64)66-2/h11-12,15-16,19-22,27-30,43-46H,3-10,13-14,17-18,23-26H2,1-2H3,(H,53,55)(H,54,56). The number of imidazole rings is 2. The van der Waals surface area contributed by atoms with Gasteiger partial charge in [-0.1, -0.05) is 48.5 Å². The van der Waals surface area contributed by atoms with E-state index in [1.54, 1.807) is 9.80 Å². The monoisotopic (exact) mass is 888 g/mol. The lowest BCUT2D eigenvalue weighted by molar-refractivity contribution is -0.137. The molecule has 4 bridgehead atoms. The molecule has 2 N–H and O–H groups in total. The second-order valence-corrected chi connectivity index (χ2v) is 18.7. The third-order valence-electron chi connectivity index (χ3n) is 14.9. The molecule has 4 aliphatic carbocycles. The van der Waals surface area contributed by atoms with Gasteiger partial charge in [0.2, 0.25) is 11.8 Å². The zero-order chi connectivity index (χ0) is 45.1. The van der Waals surface area contributed by atoms with Crippen molar-refractivity contribution < 1.29 is 28.7 Å². The Morgan fingerprint density at radius 1 is 0.515 bits per heavy atom. The van der Waals surface area contributed by atoms with Crippen LogP contribution in [0.4, 0.5) is 9.59 Å². The minimum atomic E-state index is -0.495. The van der Waals surface area contributed by atoms with Crippen molar-refractivity contribution in [1.29, 1.82) is 0 Å². The van der Waals surface area contributed by atoms with Crippen molar-refractivity contribution in [3.05, 3.63) is 107 Å². The van der Waals surface area contributed by atoms with Crippen molar-refractivity contribution in [2.75, 3.05) is 40.4 Å².